The minimum atomic E-state index is -4.35. The molecule has 0 aromatic rings. The molecule has 26 heavy (non-hydrogen) atoms. The molecule has 0 bridgehead atoms. The SMILES string of the molecule is CC(C(=O)OCCOC(=O)C(F)(F)OC(=O)C1CCCCC1)C(C)(C)C. The van der Waals surface area contributed by atoms with Gasteiger partial charge in [-0.2, -0.15) is 8.78 Å². The lowest BCUT2D eigenvalue weighted by molar-refractivity contribution is -0.247. The normalized spacial score (nSPS) is 17.3. The lowest BCUT2D eigenvalue weighted by atomic mass is 9.82. The Morgan fingerprint density at radius 1 is 1.00 bits per heavy atom. The summed E-state index contributed by atoms with van der Waals surface area (Å²) in [6.07, 6.45) is -0.897. The topological polar surface area (TPSA) is 78.9 Å². The Morgan fingerprint density at radius 2 is 1.54 bits per heavy atom. The quantitative estimate of drug-likeness (QED) is 0.383. The zero-order chi connectivity index (χ0) is 20.0. The summed E-state index contributed by atoms with van der Waals surface area (Å²) in [6.45, 7) is 6.38. The van der Waals surface area contributed by atoms with Crippen molar-refractivity contribution in [3.63, 3.8) is 0 Å². The molecule has 0 aromatic carbocycles. The van der Waals surface area contributed by atoms with Crippen LogP contribution in [-0.4, -0.2) is 37.2 Å². The van der Waals surface area contributed by atoms with E-state index in [9.17, 15) is 23.2 Å². The molecule has 8 heteroatoms. The van der Waals surface area contributed by atoms with Crippen molar-refractivity contribution in [2.24, 2.45) is 17.3 Å². The third kappa shape index (κ3) is 6.88. The Kier molecular flexibility index (Phi) is 7.96. The van der Waals surface area contributed by atoms with E-state index in [1.807, 2.05) is 20.8 Å². The summed E-state index contributed by atoms with van der Waals surface area (Å²) < 4.78 is 40.6. The van der Waals surface area contributed by atoms with Gasteiger partial charge in [-0.05, 0) is 18.3 Å². The first-order chi connectivity index (χ1) is 11.9. The fourth-order valence-corrected chi connectivity index (χ4v) is 2.43. The number of carbonyl (C=O) groups is 3. The molecule has 150 valence electrons. The molecule has 0 aliphatic heterocycles. The zero-order valence-corrected chi connectivity index (χ0v) is 15.8. The van der Waals surface area contributed by atoms with E-state index in [1.54, 1.807) is 6.92 Å². The molecule has 0 saturated heterocycles. The molecule has 0 aromatic heterocycles. The van der Waals surface area contributed by atoms with Crippen molar-refractivity contribution < 1.29 is 37.4 Å². The maximum absolute atomic E-state index is 13.7. The van der Waals surface area contributed by atoms with Crippen LogP contribution in [0.15, 0.2) is 0 Å². The fourth-order valence-electron chi connectivity index (χ4n) is 2.43. The third-order valence-corrected chi connectivity index (χ3v) is 4.62. The molecule has 0 spiro atoms. The van der Waals surface area contributed by atoms with Crippen LogP contribution in [0.5, 0.6) is 0 Å². The smallest absolute Gasteiger partial charge is 0.462 e. The highest BCUT2D eigenvalue weighted by Gasteiger charge is 2.47. The Bertz CT molecular complexity index is 506. The van der Waals surface area contributed by atoms with Gasteiger partial charge in [0.2, 0.25) is 0 Å². The van der Waals surface area contributed by atoms with Gasteiger partial charge in [0, 0.05) is 0 Å². The Hall–Kier alpha value is -1.73. The summed E-state index contributed by atoms with van der Waals surface area (Å²) in [5.74, 6) is -4.58. The zero-order valence-electron chi connectivity index (χ0n) is 15.8. The van der Waals surface area contributed by atoms with Crippen LogP contribution in [0.25, 0.3) is 0 Å². The standard InChI is InChI=1S/C18H28F2O6/c1-12(17(2,3)4)14(21)24-10-11-25-16(23)18(19,20)26-15(22)13-8-6-5-7-9-13/h12-13H,5-11H2,1-4H3. The Balaban J connectivity index is 2.36. The van der Waals surface area contributed by atoms with Gasteiger partial charge in [-0.15, -0.1) is 0 Å². The molecule has 1 rings (SSSR count). The van der Waals surface area contributed by atoms with E-state index in [1.165, 1.54) is 0 Å². The van der Waals surface area contributed by atoms with Gasteiger partial charge in [0.05, 0.1) is 11.8 Å². The maximum Gasteiger partial charge on any atom is 0.504 e. The number of hydrogen-bond acceptors (Lipinski definition) is 6. The minimum Gasteiger partial charge on any atom is -0.462 e. The third-order valence-electron chi connectivity index (χ3n) is 4.62. The van der Waals surface area contributed by atoms with Crippen LogP contribution >= 0.6 is 0 Å². The Labute approximate surface area is 152 Å². The van der Waals surface area contributed by atoms with Crippen molar-refractivity contribution >= 4 is 17.9 Å². The fraction of sp³-hybridized carbons (Fsp3) is 0.833. The first kappa shape index (κ1) is 22.3. The number of rotatable bonds is 7. The molecule has 0 N–H and O–H groups in total. The minimum absolute atomic E-state index is 0.311. The first-order valence-electron chi connectivity index (χ1n) is 8.89. The summed E-state index contributed by atoms with van der Waals surface area (Å²) in [4.78, 5) is 34.9. The maximum atomic E-state index is 13.7. The van der Waals surface area contributed by atoms with Crippen molar-refractivity contribution in [3.05, 3.63) is 0 Å². The van der Waals surface area contributed by atoms with Crippen LogP contribution in [0, 0.1) is 17.3 Å². The molecule has 1 aliphatic carbocycles. The van der Waals surface area contributed by atoms with Gasteiger partial charge in [0.25, 0.3) is 0 Å². The predicted octanol–water partition coefficient (Wildman–Crippen LogP) is 3.47. The molecule has 1 fully saturated rings. The lowest BCUT2D eigenvalue weighted by Gasteiger charge is -2.25. The highest BCUT2D eigenvalue weighted by molar-refractivity contribution is 5.81. The molecule has 1 aliphatic rings. The van der Waals surface area contributed by atoms with E-state index in [0.717, 1.165) is 19.3 Å². The largest absolute Gasteiger partial charge is 0.504 e. The van der Waals surface area contributed by atoms with E-state index >= 15 is 0 Å². The van der Waals surface area contributed by atoms with Crippen LogP contribution in [0.4, 0.5) is 8.78 Å². The molecular weight excluding hydrogens is 350 g/mol. The molecule has 1 atom stereocenters. The number of alkyl halides is 2. The monoisotopic (exact) mass is 378 g/mol. The second-order valence-electron chi connectivity index (χ2n) is 7.66. The van der Waals surface area contributed by atoms with E-state index in [0.29, 0.717) is 12.8 Å². The number of ether oxygens (including phenoxy) is 3. The van der Waals surface area contributed by atoms with Gasteiger partial charge >= 0.3 is 24.0 Å². The average molecular weight is 378 g/mol. The summed E-state index contributed by atoms with van der Waals surface area (Å²) in [6, 6.07) is 0. The predicted molar refractivity (Wildman–Crippen MR) is 88.2 cm³/mol. The van der Waals surface area contributed by atoms with Gasteiger partial charge in [-0.3, -0.25) is 9.59 Å². The van der Waals surface area contributed by atoms with Gasteiger partial charge in [0.1, 0.15) is 13.2 Å². The first-order valence-corrected chi connectivity index (χ1v) is 8.89. The van der Waals surface area contributed by atoms with Crippen molar-refractivity contribution in [2.45, 2.75) is 65.9 Å². The van der Waals surface area contributed by atoms with Gasteiger partial charge < -0.3 is 14.2 Å². The van der Waals surface area contributed by atoms with Gasteiger partial charge in [0.15, 0.2) is 0 Å². The van der Waals surface area contributed by atoms with Crippen LogP contribution < -0.4 is 0 Å². The molecule has 0 amide bonds. The van der Waals surface area contributed by atoms with Gasteiger partial charge in [-0.25, -0.2) is 4.79 Å². The number of esters is 3. The molecule has 1 unspecified atom stereocenters. The lowest BCUT2D eigenvalue weighted by Crippen LogP contribution is -2.39. The number of carbonyl (C=O) groups excluding carboxylic acids is 3. The van der Waals surface area contributed by atoms with Crippen LogP contribution in [0.2, 0.25) is 0 Å². The highest BCUT2D eigenvalue weighted by atomic mass is 19.3. The van der Waals surface area contributed by atoms with E-state index in [-0.39, 0.29) is 12.0 Å². The van der Waals surface area contributed by atoms with Crippen molar-refractivity contribution in [1.29, 1.82) is 0 Å². The average Bonchev–Trinajstić information content (AvgIpc) is 2.57. The van der Waals surface area contributed by atoms with Crippen LogP contribution in [0.3, 0.4) is 0 Å². The molecule has 0 heterocycles. The van der Waals surface area contributed by atoms with Gasteiger partial charge in [-0.1, -0.05) is 47.0 Å². The van der Waals surface area contributed by atoms with E-state index in [2.05, 4.69) is 9.47 Å². The van der Waals surface area contributed by atoms with Crippen LogP contribution in [0.1, 0.15) is 59.8 Å². The van der Waals surface area contributed by atoms with Crippen molar-refractivity contribution in [1.82, 2.24) is 0 Å². The molecule has 0 radical (unpaired) electrons. The molecule has 6 nitrogen and oxygen atoms in total. The summed E-state index contributed by atoms with van der Waals surface area (Å²) >= 11 is 0. The summed E-state index contributed by atoms with van der Waals surface area (Å²) in [5.41, 5.74) is -0.311. The van der Waals surface area contributed by atoms with E-state index < -0.39 is 42.5 Å². The second-order valence-corrected chi connectivity index (χ2v) is 7.66. The Morgan fingerprint density at radius 3 is 2.08 bits per heavy atom. The summed E-state index contributed by atoms with van der Waals surface area (Å²) in [7, 11) is 0. The molecular formula is C18H28F2O6. The number of hydrogen-bond donors (Lipinski definition) is 0. The van der Waals surface area contributed by atoms with Crippen molar-refractivity contribution in [3.8, 4) is 0 Å². The molecule has 1 saturated carbocycles. The van der Waals surface area contributed by atoms with Crippen LogP contribution in [-0.2, 0) is 28.6 Å². The van der Waals surface area contributed by atoms with E-state index in [4.69, 9.17) is 4.74 Å². The summed E-state index contributed by atoms with van der Waals surface area (Å²) in [5, 5.41) is 0. The highest BCUT2D eigenvalue weighted by Crippen LogP contribution is 2.28. The van der Waals surface area contributed by atoms with Crippen molar-refractivity contribution in [2.75, 3.05) is 13.2 Å². The second kappa shape index (κ2) is 9.28. The number of halogens is 2.